The molecule has 1 aromatic carbocycles. The van der Waals surface area contributed by atoms with Gasteiger partial charge in [0.05, 0.1) is 6.61 Å². The van der Waals surface area contributed by atoms with Crippen LogP contribution in [0.3, 0.4) is 0 Å². The van der Waals surface area contributed by atoms with Gasteiger partial charge in [-0.3, -0.25) is 9.69 Å². The number of aliphatic hydroxyl groups is 1. The zero-order valence-corrected chi connectivity index (χ0v) is 12.2. The van der Waals surface area contributed by atoms with Crippen LogP contribution in [0.15, 0.2) is 24.3 Å². The van der Waals surface area contributed by atoms with Crippen molar-refractivity contribution in [1.29, 1.82) is 0 Å². The van der Waals surface area contributed by atoms with Crippen LogP contribution in [0.1, 0.15) is 30.9 Å². The Kier molecular flexibility index (Phi) is 5.15. The molecular formula is C16H23NO3. The van der Waals surface area contributed by atoms with E-state index in [-0.39, 0.29) is 24.7 Å². The lowest BCUT2D eigenvalue weighted by atomic mass is 10.1. The van der Waals surface area contributed by atoms with E-state index in [1.807, 2.05) is 12.1 Å². The second-order valence-electron chi connectivity index (χ2n) is 5.47. The molecule has 1 heterocycles. The first kappa shape index (κ1) is 15.0. The van der Waals surface area contributed by atoms with E-state index in [9.17, 15) is 9.90 Å². The predicted molar refractivity (Wildman–Crippen MR) is 77.3 cm³/mol. The van der Waals surface area contributed by atoms with Crippen LogP contribution in [0, 0.1) is 6.92 Å². The smallest absolute Gasteiger partial charge is 0.302 e. The third-order valence-corrected chi connectivity index (χ3v) is 4.08. The van der Waals surface area contributed by atoms with Gasteiger partial charge in [-0.25, -0.2) is 0 Å². The van der Waals surface area contributed by atoms with Crippen molar-refractivity contribution in [3.8, 4) is 0 Å². The van der Waals surface area contributed by atoms with Gasteiger partial charge < -0.3 is 9.84 Å². The number of aliphatic hydroxyl groups excluding tert-OH is 1. The van der Waals surface area contributed by atoms with Gasteiger partial charge in [0.1, 0.15) is 6.61 Å². The number of carbonyl (C=O) groups is 1. The highest BCUT2D eigenvalue weighted by atomic mass is 16.5. The van der Waals surface area contributed by atoms with Gasteiger partial charge >= 0.3 is 5.97 Å². The molecule has 1 aliphatic heterocycles. The lowest BCUT2D eigenvalue weighted by molar-refractivity contribution is -0.142. The highest BCUT2D eigenvalue weighted by Gasteiger charge is 2.33. The molecule has 0 saturated carbocycles. The molecule has 1 aliphatic rings. The number of carbonyl (C=O) groups excluding carboxylic acids is 1. The molecule has 0 amide bonds. The van der Waals surface area contributed by atoms with Crippen molar-refractivity contribution < 1.29 is 14.6 Å². The van der Waals surface area contributed by atoms with Crippen molar-refractivity contribution in [3.63, 3.8) is 0 Å². The number of esters is 1. The summed E-state index contributed by atoms with van der Waals surface area (Å²) in [5.41, 5.74) is 2.52. The second-order valence-corrected chi connectivity index (χ2v) is 5.47. The first-order valence-corrected chi connectivity index (χ1v) is 7.16. The normalized spacial score (nSPS) is 22.9. The number of benzene rings is 1. The molecular weight excluding hydrogens is 254 g/mol. The molecule has 1 fully saturated rings. The van der Waals surface area contributed by atoms with Gasteiger partial charge in [-0.2, -0.15) is 0 Å². The summed E-state index contributed by atoms with van der Waals surface area (Å²) in [5.74, 6) is -0.242. The Morgan fingerprint density at radius 3 is 2.70 bits per heavy atom. The molecule has 110 valence electrons. The van der Waals surface area contributed by atoms with E-state index in [1.165, 1.54) is 18.1 Å². The summed E-state index contributed by atoms with van der Waals surface area (Å²) < 4.78 is 5.15. The van der Waals surface area contributed by atoms with E-state index < -0.39 is 0 Å². The molecule has 1 saturated heterocycles. The molecule has 0 bridgehead atoms. The molecule has 20 heavy (non-hydrogen) atoms. The Balaban J connectivity index is 2.07. The molecule has 0 radical (unpaired) electrons. The van der Waals surface area contributed by atoms with Gasteiger partial charge in [-0.05, 0) is 30.9 Å². The van der Waals surface area contributed by atoms with Gasteiger partial charge in [0.25, 0.3) is 0 Å². The SMILES string of the molecule is CC(=O)OC[C@@H]1CC[C@@H](CO)N1Cc1ccccc1C. The van der Waals surface area contributed by atoms with E-state index in [2.05, 4.69) is 24.0 Å². The first-order valence-electron chi connectivity index (χ1n) is 7.16. The largest absolute Gasteiger partial charge is 0.464 e. The van der Waals surface area contributed by atoms with Crippen molar-refractivity contribution in [2.75, 3.05) is 13.2 Å². The van der Waals surface area contributed by atoms with Crippen molar-refractivity contribution in [2.24, 2.45) is 0 Å². The van der Waals surface area contributed by atoms with Gasteiger partial charge in [0, 0.05) is 25.6 Å². The number of ether oxygens (including phenoxy) is 1. The van der Waals surface area contributed by atoms with Crippen LogP contribution >= 0.6 is 0 Å². The van der Waals surface area contributed by atoms with Gasteiger partial charge in [0.15, 0.2) is 0 Å². The van der Waals surface area contributed by atoms with E-state index in [0.29, 0.717) is 6.61 Å². The van der Waals surface area contributed by atoms with Crippen LogP contribution in [0.5, 0.6) is 0 Å². The highest BCUT2D eigenvalue weighted by Crippen LogP contribution is 2.27. The fraction of sp³-hybridized carbons (Fsp3) is 0.562. The van der Waals surface area contributed by atoms with E-state index >= 15 is 0 Å². The van der Waals surface area contributed by atoms with E-state index in [1.54, 1.807) is 0 Å². The molecule has 4 heteroatoms. The third kappa shape index (κ3) is 3.58. The summed E-state index contributed by atoms with van der Waals surface area (Å²) >= 11 is 0. The number of likely N-dealkylation sites (tertiary alicyclic amines) is 1. The van der Waals surface area contributed by atoms with Crippen LogP contribution in [0.2, 0.25) is 0 Å². The Labute approximate surface area is 120 Å². The van der Waals surface area contributed by atoms with Gasteiger partial charge in [-0.1, -0.05) is 24.3 Å². The standard InChI is InChI=1S/C16H23NO3/c1-12-5-3-4-6-14(12)9-17-15(10-18)7-8-16(17)11-20-13(2)19/h3-6,15-16,18H,7-11H2,1-2H3/t15-,16-/m0/s1. The molecule has 4 nitrogen and oxygen atoms in total. The highest BCUT2D eigenvalue weighted by molar-refractivity contribution is 5.65. The Hall–Kier alpha value is -1.39. The number of rotatable bonds is 5. The average Bonchev–Trinajstić information content (AvgIpc) is 2.81. The van der Waals surface area contributed by atoms with Crippen molar-refractivity contribution in [2.45, 2.75) is 45.3 Å². The summed E-state index contributed by atoms with van der Waals surface area (Å²) in [4.78, 5) is 13.2. The molecule has 0 unspecified atom stereocenters. The number of aryl methyl sites for hydroxylation is 1. The first-order chi connectivity index (χ1) is 9.61. The summed E-state index contributed by atoms with van der Waals surface area (Å²) in [6.45, 7) is 4.90. The summed E-state index contributed by atoms with van der Waals surface area (Å²) in [6.07, 6.45) is 1.92. The molecule has 1 N–H and O–H groups in total. The molecule has 1 aromatic rings. The number of nitrogens with zero attached hydrogens (tertiary/aromatic N) is 1. The summed E-state index contributed by atoms with van der Waals surface area (Å²) in [5, 5.41) is 9.53. The second kappa shape index (κ2) is 6.86. The molecule has 0 aliphatic carbocycles. The van der Waals surface area contributed by atoms with Gasteiger partial charge in [0.2, 0.25) is 0 Å². The monoisotopic (exact) mass is 277 g/mol. The molecule has 0 aromatic heterocycles. The topological polar surface area (TPSA) is 49.8 Å². The Morgan fingerprint density at radius 2 is 2.05 bits per heavy atom. The predicted octanol–water partition coefficient (Wildman–Crippen LogP) is 1.88. The zero-order valence-electron chi connectivity index (χ0n) is 12.2. The zero-order chi connectivity index (χ0) is 14.5. The Morgan fingerprint density at radius 1 is 1.35 bits per heavy atom. The van der Waals surface area contributed by atoms with Crippen LogP contribution < -0.4 is 0 Å². The lowest BCUT2D eigenvalue weighted by Crippen LogP contribution is -2.40. The summed E-state index contributed by atoms with van der Waals surface area (Å²) in [6, 6.07) is 8.65. The fourth-order valence-electron chi connectivity index (χ4n) is 2.85. The number of hydrogen-bond donors (Lipinski definition) is 1. The molecule has 2 rings (SSSR count). The third-order valence-electron chi connectivity index (χ3n) is 4.08. The fourth-order valence-corrected chi connectivity index (χ4v) is 2.85. The van der Waals surface area contributed by atoms with Gasteiger partial charge in [-0.15, -0.1) is 0 Å². The molecule has 2 atom stereocenters. The van der Waals surface area contributed by atoms with Crippen molar-refractivity contribution in [1.82, 2.24) is 4.90 Å². The van der Waals surface area contributed by atoms with Crippen molar-refractivity contribution >= 4 is 5.97 Å². The summed E-state index contributed by atoms with van der Waals surface area (Å²) in [7, 11) is 0. The molecule has 0 spiro atoms. The van der Waals surface area contributed by atoms with E-state index in [4.69, 9.17) is 4.74 Å². The maximum absolute atomic E-state index is 11.0. The minimum atomic E-state index is -0.242. The maximum atomic E-state index is 11.0. The van der Waals surface area contributed by atoms with Crippen molar-refractivity contribution in [3.05, 3.63) is 35.4 Å². The van der Waals surface area contributed by atoms with Crippen LogP contribution in [-0.2, 0) is 16.1 Å². The number of hydrogen-bond acceptors (Lipinski definition) is 4. The van der Waals surface area contributed by atoms with Crippen LogP contribution in [0.25, 0.3) is 0 Å². The Bertz CT molecular complexity index is 461. The maximum Gasteiger partial charge on any atom is 0.302 e. The van der Waals surface area contributed by atoms with Crippen LogP contribution in [-0.4, -0.2) is 41.3 Å². The lowest BCUT2D eigenvalue weighted by Gasteiger charge is -2.29. The average molecular weight is 277 g/mol. The minimum absolute atomic E-state index is 0.155. The minimum Gasteiger partial charge on any atom is -0.464 e. The van der Waals surface area contributed by atoms with E-state index in [0.717, 1.165) is 19.4 Å². The quantitative estimate of drug-likeness (QED) is 0.835. The van der Waals surface area contributed by atoms with Crippen LogP contribution in [0.4, 0.5) is 0 Å².